The minimum atomic E-state index is -1.04. The second-order valence-corrected chi connectivity index (χ2v) is 7.03. The highest BCUT2D eigenvalue weighted by Crippen LogP contribution is 2.44. The van der Waals surface area contributed by atoms with E-state index in [4.69, 9.17) is 9.47 Å². The van der Waals surface area contributed by atoms with Gasteiger partial charge in [0.1, 0.15) is 18.8 Å². The standard InChI is InChI=1S/C21H21NO4/c1-13-21(2,19(23)12-25-13)22-20(24)26-11-18-16-9-5-3-7-14(16)15-8-4-6-10-17(15)18/h3-10,13,18H,11-12H2,1-2H3,(H,22,24)/t13-,21-/m1/s1. The predicted molar refractivity (Wildman–Crippen MR) is 97.0 cm³/mol. The van der Waals surface area contributed by atoms with Crippen molar-refractivity contribution >= 4 is 11.9 Å². The predicted octanol–water partition coefficient (Wildman–Crippen LogP) is 3.27. The van der Waals surface area contributed by atoms with Crippen molar-refractivity contribution in [1.29, 1.82) is 0 Å². The Morgan fingerprint density at radius 1 is 1.15 bits per heavy atom. The molecule has 0 bridgehead atoms. The molecule has 0 saturated carbocycles. The molecular weight excluding hydrogens is 330 g/mol. The smallest absolute Gasteiger partial charge is 0.408 e. The van der Waals surface area contributed by atoms with E-state index in [1.54, 1.807) is 13.8 Å². The Balaban J connectivity index is 1.50. The molecule has 2 aromatic carbocycles. The molecule has 2 aromatic rings. The molecule has 4 rings (SSSR count). The topological polar surface area (TPSA) is 64.6 Å². The highest BCUT2D eigenvalue weighted by molar-refractivity contribution is 5.94. The summed E-state index contributed by atoms with van der Waals surface area (Å²) in [6, 6.07) is 16.3. The maximum Gasteiger partial charge on any atom is 0.408 e. The number of alkyl carbamates (subject to hydrolysis) is 1. The van der Waals surface area contributed by atoms with Gasteiger partial charge in [-0.05, 0) is 36.1 Å². The summed E-state index contributed by atoms with van der Waals surface area (Å²) < 4.78 is 10.8. The number of fused-ring (bicyclic) bond motifs is 3. The second-order valence-electron chi connectivity index (χ2n) is 7.03. The molecule has 2 atom stereocenters. The molecule has 1 saturated heterocycles. The van der Waals surface area contributed by atoms with E-state index in [9.17, 15) is 9.59 Å². The van der Waals surface area contributed by atoms with Crippen molar-refractivity contribution in [1.82, 2.24) is 5.32 Å². The van der Waals surface area contributed by atoms with Crippen molar-refractivity contribution in [3.63, 3.8) is 0 Å². The fourth-order valence-electron chi connectivity index (χ4n) is 3.76. The molecule has 1 fully saturated rings. The Morgan fingerprint density at radius 3 is 2.27 bits per heavy atom. The summed E-state index contributed by atoms with van der Waals surface area (Å²) in [6.45, 7) is 3.68. The summed E-state index contributed by atoms with van der Waals surface area (Å²) in [4.78, 5) is 24.4. The Bertz CT molecular complexity index is 832. The Morgan fingerprint density at radius 2 is 1.73 bits per heavy atom. The first kappa shape index (κ1) is 16.8. The molecule has 1 N–H and O–H groups in total. The zero-order valence-electron chi connectivity index (χ0n) is 14.8. The van der Waals surface area contributed by atoms with E-state index in [1.807, 2.05) is 24.3 Å². The lowest BCUT2D eigenvalue weighted by atomic mass is 9.94. The first-order chi connectivity index (χ1) is 12.5. The third kappa shape index (κ3) is 2.59. The van der Waals surface area contributed by atoms with Crippen LogP contribution in [0, 0.1) is 0 Å². The largest absolute Gasteiger partial charge is 0.449 e. The van der Waals surface area contributed by atoms with Gasteiger partial charge in [0.2, 0.25) is 0 Å². The van der Waals surface area contributed by atoms with E-state index >= 15 is 0 Å². The number of hydrogen-bond donors (Lipinski definition) is 1. The highest BCUT2D eigenvalue weighted by Gasteiger charge is 2.46. The molecule has 0 aromatic heterocycles. The van der Waals surface area contributed by atoms with Crippen molar-refractivity contribution in [3.8, 4) is 11.1 Å². The van der Waals surface area contributed by atoms with Gasteiger partial charge in [0.15, 0.2) is 5.78 Å². The van der Waals surface area contributed by atoms with Crippen LogP contribution in [-0.4, -0.2) is 36.7 Å². The van der Waals surface area contributed by atoms with Crippen LogP contribution < -0.4 is 5.32 Å². The summed E-state index contributed by atoms with van der Waals surface area (Å²) in [5, 5.41) is 2.69. The Labute approximate surface area is 152 Å². The van der Waals surface area contributed by atoms with Crippen LogP contribution in [0.5, 0.6) is 0 Å². The van der Waals surface area contributed by atoms with E-state index in [2.05, 4.69) is 29.6 Å². The van der Waals surface area contributed by atoms with Crippen molar-refractivity contribution in [2.45, 2.75) is 31.4 Å². The van der Waals surface area contributed by atoms with Crippen LogP contribution in [0.4, 0.5) is 4.79 Å². The van der Waals surface area contributed by atoms with Crippen LogP contribution in [0.15, 0.2) is 48.5 Å². The molecule has 0 radical (unpaired) electrons. The van der Waals surface area contributed by atoms with Gasteiger partial charge in [-0.2, -0.15) is 0 Å². The maximum absolute atomic E-state index is 12.3. The number of nitrogens with one attached hydrogen (secondary N) is 1. The number of amides is 1. The van der Waals surface area contributed by atoms with Crippen molar-refractivity contribution in [2.75, 3.05) is 13.2 Å². The normalized spacial score (nSPS) is 24.2. The van der Waals surface area contributed by atoms with Gasteiger partial charge in [0.25, 0.3) is 0 Å². The Kier molecular flexibility index (Phi) is 4.04. The van der Waals surface area contributed by atoms with Gasteiger partial charge in [-0.1, -0.05) is 48.5 Å². The lowest BCUT2D eigenvalue weighted by molar-refractivity contribution is -0.121. The average Bonchev–Trinajstić information content (AvgIpc) is 3.10. The summed E-state index contributed by atoms with van der Waals surface area (Å²) in [5.41, 5.74) is 3.62. The number of rotatable bonds is 3. The molecule has 26 heavy (non-hydrogen) atoms. The van der Waals surface area contributed by atoms with Crippen LogP contribution in [0.25, 0.3) is 11.1 Å². The van der Waals surface area contributed by atoms with E-state index in [1.165, 1.54) is 11.1 Å². The number of carbonyl (C=O) groups excluding carboxylic acids is 2. The summed E-state index contributed by atoms with van der Waals surface area (Å²) in [5.74, 6) is -0.146. The lowest BCUT2D eigenvalue weighted by Gasteiger charge is -2.27. The summed E-state index contributed by atoms with van der Waals surface area (Å²) in [7, 11) is 0. The van der Waals surface area contributed by atoms with Crippen molar-refractivity contribution in [3.05, 3.63) is 59.7 Å². The van der Waals surface area contributed by atoms with E-state index in [-0.39, 0.29) is 31.0 Å². The van der Waals surface area contributed by atoms with Gasteiger partial charge < -0.3 is 14.8 Å². The zero-order chi connectivity index (χ0) is 18.3. The molecule has 1 aliphatic carbocycles. The molecule has 134 valence electrons. The van der Waals surface area contributed by atoms with E-state index in [0.717, 1.165) is 11.1 Å². The number of Topliss-reactive ketones (excluding diaryl/α,β-unsaturated/α-hetero) is 1. The lowest BCUT2D eigenvalue weighted by Crippen LogP contribution is -2.55. The number of hydrogen-bond acceptors (Lipinski definition) is 4. The minimum Gasteiger partial charge on any atom is -0.449 e. The molecule has 1 heterocycles. The number of benzene rings is 2. The number of carbonyl (C=O) groups is 2. The van der Waals surface area contributed by atoms with Gasteiger partial charge >= 0.3 is 6.09 Å². The maximum atomic E-state index is 12.3. The highest BCUT2D eigenvalue weighted by atomic mass is 16.6. The van der Waals surface area contributed by atoms with Crippen LogP contribution in [0.3, 0.4) is 0 Å². The molecule has 1 aliphatic heterocycles. The number of ether oxygens (including phenoxy) is 2. The average molecular weight is 351 g/mol. The van der Waals surface area contributed by atoms with E-state index in [0.29, 0.717) is 0 Å². The first-order valence-corrected chi connectivity index (χ1v) is 8.79. The molecule has 0 spiro atoms. The van der Waals surface area contributed by atoms with Crippen LogP contribution in [0.1, 0.15) is 30.9 Å². The minimum absolute atomic E-state index is 0.00564. The fourth-order valence-corrected chi connectivity index (χ4v) is 3.76. The van der Waals surface area contributed by atoms with E-state index < -0.39 is 11.6 Å². The van der Waals surface area contributed by atoms with Crippen molar-refractivity contribution < 1.29 is 19.1 Å². The fraction of sp³-hybridized carbons (Fsp3) is 0.333. The third-order valence-corrected chi connectivity index (χ3v) is 5.56. The summed E-state index contributed by atoms with van der Waals surface area (Å²) in [6.07, 6.45) is -0.976. The molecule has 1 amide bonds. The monoisotopic (exact) mass is 351 g/mol. The molecule has 5 heteroatoms. The van der Waals surface area contributed by atoms with Gasteiger partial charge in [0.05, 0.1) is 6.10 Å². The first-order valence-electron chi connectivity index (χ1n) is 8.79. The van der Waals surface area contributed by atoms with Crippen LogP contribution in [-0.2, 0) is 14.3 Å². The zero-order valence-corrected chi connectivity index (χ0v) is 14.8. The van der Waals surface area contributed by atoms with Gasteiger partial charge in [0, 0.05) is 5.92 Å². The van der Waals surface area contributed by atoms with Gasteiger partial charge in [-0.25, -0.2) is 4.79 Å². The van der Waals surface area contributed by atoms with Crippen molar-refractivity contribution in [2.24, 2.45) is 0 Å². The second kappa shape index (κ2) is 6.25. The SMILES string of the molecule is C[C@H]1OCC(=O)[C@]1(C)NC(=O)OCC1c2ccccc2-c2ccccc21. The quantitative estimate of drug-likeness (QED) is 0.922. The Hall–Kier alpha value is -2.66. The summed E-state index contributed by atoms with van der Waals surface area (Å²) >= 11 is 0. The van der Waals surface area contributed by atoms with Gasteiger partial charge in [-0.15, -0.1) is 0 Å². The van der Waals surface area contributed by atoms with Gasteiger partial charge in [-0.3, -0.25) is 4.79 Å². The third-order valence-electron chi connectivity index (χ3n) is 5.56. The molecule has 0 unspecified atom stereocenters. The molecular formula is C21H21NO4. The van der Waals surface area contributed by atoms with Crippen LogP contribution in [0.2, 0.25) is 0 Å². The molecule has 5 nitrogen and oxygen atoms in total. The van der Waals surface area contributed by atoms with Crippen LogP contribution >= 0.6 is 0 Å². The number of ketones is 1. The molecule has 2 aliphatic rings.